The number of methoxy groups -OCH3 is 2. The molecule has 0 spiro atoms. The first-order chi connectivity index (χ1) is 13.2. The summed E-state index contributed by atoms with van der Waals surface area (Å²) < 4.78 is 26.7. The van der Waals surface area contributed by atoms with Gasteiger partial charge < -0.3 is 23.7 Å². The second-order valence-electron chi connectivity index (χ2n) is 6.39. The molecule has 0 saturated carbocycles. The molecule has 6 nitrogen and oxygen atoms in total. The fourth-order valence-corrected chi connectivity index (χ4v) is 3.32. The quantitative estimate of drug-likeness (QED) is 0.730. The van der Waals surface area contributed by atoms with E-state index in [4.69, 9.17) is 23.7 Å². The van der Waals surface area contributed by atoms with Crippen molar-refractivity contribution in [2.45, 2.75) is 12.8 Å². The highest BCUT2D eigenvalue weighted by molar-refractivity contribution is 5.92. The van der Waals surface area contributed by atoms with Gasteiger partial charge in [0.2, 0.25) is 6.79 Å². The second kappa shape index (κ2) is 7.23. The summed E-state index contributed by atoms with van der Waals surface area (Å²) in [5.74, 6) is 2.52. The largest absolute Gasteiger partial charge is 0.493 e. The predicted octanol–water partition coefficient (Wildman–Crippen LogP) is 3.07. The minimum absolute atomic E-state index is 0.230. The molecule has 0 radical (unpaired) electrons. The van der Waals surface area contributed by atoms with Crippen molar-refractivity contribution in [3.05, 3.63) is 58.7 Å². The zero-order chi connectivity index (χ0) is 18.8. The first-order valence-electron chi connectivity index (χ1n) is 8.65. The Kier molecular flexibility index (Phi) is 4.62. The van der Waals surface area contributed by atoms with E-state index >= 15 is 0 Å². The molecule has 0 N–H and O–H groups in total. The lowest BCUT2D eigenvalue weighted by Crippen LogP contribution is -2.03. The Morgan fingerprint density at radius 2 is 1.59 bits per heavy atom. The molecule has 2 aromatic rings. The van der Waals surface area contributed by atoms with Gasteiger partial charge in [0.1, 0.15) is 6.61 Å². The highest BCUT2D eigenvalue weighted by Gasteiger charge is 2.26. The van der Waals surface area contributed by atoms with Crippen LogP contribution < -0.4 is 18.9 Å². The van der Waals surface area contributed by atoms with E-state index in [0.29, 0.717) is 42.3 Å². The van der Waals surface area contributed by atoms with E-state index in [1.165, 1.54) is 0 Å². The number of esters is 1. The van der Waals surface area contributed by atoms with Crippen LogP contribution >= 0.6 is 0 Å². The van der Waals surface area contributed by atoms with Crippen molar-refractivity contribution >= 4 is 5.97 Å². The van der Waals surface area contributed by atoms with Gasteiger partial charge in [-0.25, -0.2) is 4.79 Å². The molecule has 0 aliphatic carbocycles. The maximum Gasteiger partial charge on any atom is 0.334 e. The number of carbonyl (C=O) groups excluding carboxylic acids is 1. The molecule has 0 unspecified atom stereocenters. The summed E-state index contributed by atoms with van der Waals surface area (Å²) in [6.07, 6.45) is 1.12. The third-order valence-electron chi connectivity index (χ3n) is 4.73. The molecule has 4 rings (SSSR count). The Hall–Kier alpha value is -3.15. The number of fused-ring (bicyclic) bond motifs is 1. The summed E-state index contributed by atoms with van der Waals surface area (Å²) in [6.45, 7) is 0.543. The third-order valence-corrected chi connectivity index (χ3v) is 4.73. The van der Waals surface area contributed by atoms with Crippen molar-refractivity contribution < 1.29 is 28.5 Å². The fraction of sp³-hybridized carbons (Fsp3) is 0.286. The van der Waals surface area contributed by atoms with Crippen LogP contribution in [0, 0.1) is 0 Å². The van der Waals surface area contributed by atoms with Crippen LogP contribution in [0.15, 0.2) is 47.5 Å². The maximum absolute atomic E-state index is 12.3. The van der Waals surface area contributed by atoms with Gasteiger partial charge in [-0.2, -0.15) is 0 Å². The van der Waals surface area contributed by atoms with E-state index in [2.05, 4.69) is 0 Å². The second-order valence-corrected chi connectivity index (χ2v) is 6.39. The highest BCUT2D eigenvalue weighted by atomic mass is 16.7. The average Bonchev–Trinajstić information content (AvgIpc) is 3.29. The number of hydrogen-bond donors (Lipinski definition) is 0. The van der Waals surface area contributed by atoms with E-state index in [0.717, 1.165) is 22.4 Å². The molecule has 0 atom stereocenters. The minimum Gasteiger partial charge on any atom is -0.493 e. The van der Waals surface area contributed by atoms with Gasteiger partial charge in [-0.3, -0.25) is 0 Å². The van der Waals surface area contributed by atoms with Gasteiger partial charge in [0, 0.05) is 12.0 Å². The Labute approximate surface area is 157 Å². The SMILES string of the molecule is COc1ccc(CC2=C(Cc3ccc4c(c3)OCO4)C(=O)OC2)cc1OC. The van der Waals surface area contributed by atoms with Gasteiger partial charge in [0.25, 0.3) is 0 Å². The molecule has 140 valence electrons. The molecular weight excluding hydrogens is 348 g/mol. The van der Waals surface area contributed by atoms with Gasteiger partial charge >= 0.3 is 5.97 Å². The molecule has 0 aromatic heterocycles. The van der Waals surface area contributed by atoms with Gasteiger partial charge in [-0.15, -0.1) is 0 Å². The summed E-state index contributed by atoms with van der Waals surface area (Å²) in [6, 6.07) is 11.5. The molecule has 2 aliphatic heterocycles. The summed E-state index contributed by atoms with van der Waals surface area (Å²) in [5, 5.41) is 0. The van der Waals surface area contributed by atoms with Crippen LogP contribution in [0.3, 0.4) is 0 Å². The van der Waals surface area contributed by atoms with Crippen LogP contribution in [0.25, 0.3) is 0 Å². The average molecular weight is 368 g/mol. The van der Waals surface area contributed by atoms with E-state index in [9.17, 15) is 4.79 Å². The zero-order valence-electron chi connectivity index (χ0n) is 15.2. The Morgan fingerprint density at radius 1 is 0.852 bits per heavy atom. The number of carbonyl (C=O) groups is 1. The lowest BCUT2D eigenvalue weighted by Gasteiger charge is -2.10. The zero-order valence-corrected chi connectivity index (χ0v) is 15.2. The molecule has 2 aromatic carbocycles. The van der Waals surface area contributed by atoms with Crippen molar-refractivity contribution in [2.24, 2.45) is 0 Å². The molecule has 6 heteroatoms. The third kappa shape index (κ3) is 3.43. The summed E-state index contributed by atoms with van der Waals surface area (Å²) in [4.78, 5) is 12.3. The standard InChI is InChI=1S/C21H20O6/c1-23-17-5-3-13(9-19(17)24-2)7-15-11-25-21(22)16(15)8-14-4-6-18-20(10-14)27-12-26-18/h3-6,9-10H,7-8,11-12H2,1-2H3. The molecular formula is C21H20O6. The molecule has 0 bridgehead atoms. The van der Waals surface area contributed by atoms with Crippen LogP contribution in [0.2, 0.25) is 0 Å². The van der Waals surface area contributed by atoms with E-state index in [1.807, 2.05) is 36.4 Å². The van der Waals surface area contributed by atoms with Crippen molar-refractivity contribution in [3.8, 4) is 23.0 Å². The van der Waals surface area contributed by atoms with Crippen LogP contribution in [0.5, 0.6) is 23.0 Å². The van der Waals surface area contributed by atoms with Gasteiger partial charge in [-0.1, -0.05) is 12.1 Å². The molecule has 0 fully saturated rings. The molecule has 0 saturated heterocycles. The van der Waals surface area contributed by atoms with Crippen molar-refractivity contribution in [2.75, 3.05) is 27.6 Å². The number of hydrogen-bond acceptors (Lipinski definition) is 6. The molecule has 2 aliphatic rings. The number of benzene rings is 2. The fourth-order valence-electron chi connectivity index (χ4n) is 3.32. The van der Waals surface area contributed by atoms with E-state index < -0.39 is 0 Å². The van der Waals surface area contributed by atoms with Crippen LogP contribution in [-0.2, 0) is 22.4 Å². The van der Waals surface area contributed by atoms with E-state index in [1.54, 1.807) is 14.2 Å². The molecule has 27 heavy (non-hydrogen) atoms. The highest BCUT2D eigenvalue weighted by Crippen LogP contribution is 2.34. The Bertz CT molecular complexity index is 915. The van der Waals surface area contributed by atoms with Crippen molar-refractivity contribution in [3.63, 3.8) is 0 Å². The number of cyclic esters (lactones) is 1. The number of ether oxygens (including phenoxy) is 5. The van der Waals surface area contributed by atoms with E-state index in [-0.39, 0.29) is 12.8 Å². The molecule has 0 amide bonds. The topological polar surface area (TPSA) is 63.2 Å². The first-order valence-corrected chi connectivity index (χ1v) is 8.65. The summed E-state index contributed by atoms with van der Waals surface area (Å²) in [5.41, 5.74) is 3.69. The smallest absolute Gasteiger partial charge is 0.334 e. The van der Waals surface area contributed by atoms with Gasteiger partial charge in [0.15, 0.2) is 23.0 Å². The van der Waals surface area contributed by atoms with Crippen LogP contribution in [0.1, 0.15) is 11.1 Å². The monoisotopic (exact) mass is 368 g/mol. The number of rotatable bonds is 6. The van der Waals surface area contributed by atoms with Crippen LogP contribution in [-0.4, -0.2) is 33.6 Å². The first kappa shape index (κ1) is 17.3. The van der Waals surface area contributed by atoms with Gasteiger partial charge in [-0.05, 0) is 47.4 Å². The molecule has 2 heterocycles. The maximum atomic E-state index is 12.3. The Morgan fingerprint density at radius 3 is 2.41 bits per heavy atom. The van der Waals surface area contributed by atoms with Crippen LogP contribution in [0.4, 0.5) is 0 Å². The van der Waals surface area contributed by atoms with Crippen molar-refractivity contribution in [1.29, 1.82) is 0 Å². The summed E-state index contributed by atoms with van der Waals surface area (Å²) in [7, 11) is 3.21. The van der Waals surface area contributed by atoms with Crippen molar-refractivity contribution in [1.82, 2.24) is 0 Å². The van der Waals surface area contributed by atoms with Gasteiger partial charge in [0.05, 0.1) is 14.2 Å². The predicted molar refractivity (Wildman–Crippen MR) is 97.5 cm³/mol. The Balaban J connectivity index is 1.58. The lowest BCUT2D eigenvalue weighted by molar-refractivity contribution is -0.136. The summed E-state index contributed by atoms with van der Waals surface area (Å²) >= 11 is 0. The lowest BCUT2D eigenvalue weighted by atomic mass is 9.97. The minimum atomic E-state index is -0.261. The normalized spacial score (nSPS) is 15.1.